The number of halogens is 1. The van der Waals surface area contributed by atoms with Crippen LogP contribution in [0.5, 0.6) is 0 Å². The summed E-state index contributed by atoms with van der Waals surface area (Å²) >= 11 is 0. The summed E-state index contributed by atoms with van der Waals surface area (Å²) in [6.45, 7) is -0.421. The third-order valence-corrected chi connectivity index (χ3v) is 3.94. The quantitative estimate of drug-likeness (QED) is 0.668. The number of ether oxygens (including phenoxy) is 1. The number of benzene rings is 3. The van der Waals surface area contributed by atoms with E-state index in [1.807, 2.05) is 48.5 Å². The first kappa shape index (κ1) is 18.3. The van der Waals surface area contributed by atoms with Gasteiger partial charge in [0.05, 0.1) is 5.56 Å². The Balaban J connectivity index is 1.59. The Morgan fingerprint density at radius 1 is 0.852 bits per heavy atom. The lowest BCUT2D eigenvalue weighted by atomic mass is 10.0. The number of hydrogen-bond donors (Lipinski definition) is 1. The molecule has 0 spiro atoms. The van der Waals surface area contributed by atoms with Crippen molar-refractivity contribution in [2.45, 2.75) is 6.42 Å². The minimum atomic E-state index is -0.678. The zero-order valence-electron chi connectivity index (χ0n) is 14.5. The van der Waals surface area contributed by atoms with Crippen molar-refractivity contribution in [2.75, 3.05) is 11.9 Å². The van der Waals surface area contributed by atoms with Gasteiger partial charge in [-0.2, -0.15) is 0 Å². The van der Waals surface area contributed by atoms with Gasteiger partial charge in [-0.1, -0.05) is 48.5 Å². The van der Waals surface area contributed by atoms with E-state index in [9.17, 15) is 14.0 Å². The third kappa shape index (κ3) is 5.25. The summed E-state index contributed by atoms with van der Waals surface area (Å²) in [6.07, 6.45) is 0.673. The normalized spacial score (nSPS) is 10.3. The monoisotopic (exact) mass is 363 g/mol. The van der Waals surface area contributed by atoms with Gasteiger partial charge in [-0.05, 0) is 47.9 Å². The number of carbonyl (C=O) groups excluding carboxylic acids is 2. The first-order chi connectivity index (χ1) is 13.1. The third-order valence-electron chi connectivity index (χ3n) is 3.94. The molecular formula is C22H18FNO3. The van der Waals surface area contributed by atoms with Gasteiger partial charge in [-0.15, -0.1) is 0 Å². The number of rotatable bonds is 6. The van der Waals surface area contributed by atoms with Crippen LogP contribution in [-0.4, -0.2) is 18.5 Å². The molecule has 5 heteroatoms. The molecule has 136 valence electrons. The zero-order chi connectivity index (χ0) is 19.1. The van der Waals surface area contributed by atoms with Crippen molar-refractivity contribution in [1.82, 2.24) is 0 Å². The number of esters is 1. The van der Waals surface area contributed by atoms with Crippen LogP contribution in [0.15, 0.2) is 78.9 Å². The molecule has 0 unspecified atom stereocenters. The SMILES string of the molecule is O=C(COC(=O)c1ccc(F)cc1)Nc1ccccc1Cc1ccccc1. The standard InChI is InChI=1S/C22H18FNO3/c23-19-12-10-17(11-13-19)22(26)27-15-21(25)24-20-9-5-4-8-18(20)14-16-6-2-1-3-7-16/h1-13H,14-15H2,(H,24,25). The van der Waals surface area contributed by atoms with E-state index in [2.05, 4.69) is 5.32 Å². The van der Waals surface area contributed by atoms with Crippen LogP contribution < -0.4 is 5.32 Å². The maximum Gasteiger partial charge on any atom is 0.338 e. The van der Waals surface area contributed by atoms with Crippen LogP contribution in [0.4, 0.5) is 10.1 Å². The average molecular weight is 363 g/mol. The van der Waals surface area contributed by atoms with E-state index in [1.165, 1.54) is 12.1 Å². The molecule has 0 aliphatic rings. The Labute approximate surface area is 156 Å². The molecule has 0 fully saturated rings. The van der Waals surface area contributed by atoms with Gasteiger partial charge in [0.2, 0.25) is 0 Å². The highest BCUT2D eigenvalue weighted by atomic mass is 19.1. The molecule has 0 heterocycles. The van der Waals surface area contributed by atoms with Crippen LogP contribution in [0.25, 0.3) is 0 Å². The Hall–Kier alpha value is -3.47. The smallest absolute Gasteiger partial charge is 0.338 e. The highest BCUT2D eigenvalue weighted by Crippen LogP contribution is 2.19. The minimum Gasteiger partial charge on any atom is -0.452 e. The fourth-order valence-electron chi connectivity index (χ4n) is 2.60. The molecule has 0 aromatic heterocycles. The van der Waals surface area contributed by atoms with Gasteiger partial charge >= 0.3 is 5.97 Å². The van der Waals surface area contributed by atoms with Gasteiger partial charge in [0.25, 0.3) is 5.91 Å². The number of nitrogens with one attached hydrogen (secondary N) is 1. The summed E-state index contributed by atoms with van der Waals surface area (Å²) in [5.41, 5.74) is 2.95. The van der Waals surface area contributed by atoms with E-state index in [0.29, 0.717) is 12.1 Å². The Morgan fingerprint density at radius 3 is 2.26 bits per heavy atom. The Bertz CT molecular complexity index is 924. The highest BCUT2D eigenvalue weighted by molar-refractivity contribution is 5.95. The van der Waals surface area contributed by atoms with Crippen LogP contribution in [0.2, 0.25) is 0 Å². The molecule has 3 aromatic rings. The molecule has 0 radical (unpaired) electrons. The van der Waals surface area contributed by atoms with E-state index < -0.39 is 24.3 Å². The first-order valence-electron chi connectivity index (χ1n) is 8.46. The molecular weight excluding hydrogens is 345 g/mol. The van der Waals surface area contributed by atoms with Gasteiger partial charge in [-0.25, -0.2) is 9.18 Å². The lowest BCUT2D eigenvalue weighted by Crippen LogP contribution is -2.21. The lowest BCUT2D eigenvalue weighted by molar-refractivity contribution is -0.119. The van der Waals surface area contributed by atoms with Crippen LogP contribution in [0, 0.1) is 5.82 Å². The number of para-hydroxylation sites is 1. The van der Waals surface area contributed by atoms with Crippen molar-refractivity contribution in [2.24, 2.45) is 0 Å². The number of hydrogen-bond acceptors (Lipinski definition) is 3. The van der Waals surface area contributed by atoms with Crippen LogP contribution in [0.3, 0.4) is 0 Å². The second-order valence-electron chi connectivity index (χ2n) is 5.95. The molecule has 1 amide bonds. The van der Waals surface area contributed by atoms with Gasteiger partial charge in [0, 0.05) is 5.69 Å². The maximum absolute atomic E-state index is 12.9. The molecule has 27 heavy (non-hydrogen) atoms. The van der Waals surface area contributed by atoms with E-state index in [0.717, 1.165) is 23.3 Å². The number of amides is 1. The molecule has 3 rings (SSSR count). The molecule has 4 nitrogen and oxygen atoms in total. The Morgan fingerprint density at radius 2 is 1.52 bits per heavy atom. The van der Waals surface area contributed by atoms with Crippen molar-refractivity contribution in [3.63, 3.8) is 0 Å². The van der Waals surface area contributed by atoms with Gasteiger partial charge in [0.1, 0.15) is 5.82 Å². The zero-order valence-corrected chi connectivity index (χ0v) is 14.5. The summed E-state index contributed by atoms with van der Waals surface area (Å²) in [6, 6.07) is 22.3. The van der Waals surface area contributed by atoms with Gasteiger partial charge < -0.3 is 10.1 Å². The van der Waals surface area contributed by atoms with Crippen molar-refractivity contribution in [3.8, 4) is 0 Å². The number of anilines is 1. The molecule has 0 bridgehead atoms. The summed E-state index contributed by atoms with van der Waals surface area (Å²) in [5, 5.41) is 2.77. The van der Waals surface area contributed by atoms with Gasteiger partial charge in [-0.3, -0.25) is 4.79 Å². The van der Waals surface area contributed by atoms with E-state index in [-0.39, 0.29) is 5.56 Å². The molecule has 0 atom stereocenters. The fraction of sp³-hybridized carbons (Fsp3) is 0.0909. The average Bonchev–Trinajstić information content (AvgIpc) is 2.69. The van der Waals surface area contributed by atoms with Crippen molar-refractivity contribution in [1.29, 1.82) is 0 Å². The summed E-state index contributed by atoms with van der Waals surface area (Å²) < 4.78 is 17.9. The van der Waals surface area contributed by atoms with Crippen LogP contribution in [-0.2, 0) is 16.0 Å². The van der Waals surface area contributed by atoms with Crippen molar-refractivity contribution >= 4 is 17.6 Å². The number of carbonyl (C=O) groups is 2. The van der Waals surface area contributed by atoms with Gasteiger partial charge in [0.15, 0.2) is 6.61 Å². The predicted molar refractivity (Wildman–Crippen MR) is 101 cm³/mol. The second-order valence-corrected chi connectivity index (χ2v) is 5.95. The molecule has 0 aliphatic heterocycles. The van der Waals surface area contributed by atoms with E-state index >= 15 is 0 Å². The van der Waals surface area contributed by atoms with E-state index in [4.69, 9.17) is 4.74 Å². The molecule has 0 saturated carbocycles. The molecule has 1 N–H and O–H groups in total. The molecule has 3 aromatic carbocycles. The summed E-state index contributed by atoms with van der Waals surface area (Å²) in [7, 11) is 0. The highest BCUT2D eigenvalue weighted by Gasteiger charge is 2.12. The second kappa shape index (κ2) is 8.76. The van der Waals surface area contributed by atoms with Crippen molar-refractivity contribution < 1.29 is 18.7 Å². The topological polar surface area (TPSA) is 55.4 Å². The summed E-state index contributed by atoms with van der Waals surface area (Å²) in [4.78, 5) is 24.1. The summed E-state index contributed by atoms with van der Waals surface area (Å²) in [5.74, 6) is -1.56. The van der Waals surface area contributed by atoms with Crippen LogP contribution >= 0.6 is 0 Å². The largest absolute Gasteiger partial charge is 0.452 e. The molecule has 0 aliphatic carbocycles. The Kier molecular flexibility index (Phi) is 5.94. The first-order valence-corrected chi connectivity index (χ1v) is 8.46. The lowest BCUT2D eigenvalue weighted by Gasteiger charge is -2.11. The van der Waals surface area contributed by atoms with Crippen LogP contribution in [0.1, 0.15) is 21.5 Å². The molecule has 0 saturated heterocycles. The fourth-order valence-corrected chi connectivity index (χ4v) is 2.60. The van der Waals surface area contributed by atoms with E-state index in [1.54, 1.807) is 6.07 Å². The van der Waals surface area contributed by atoms with Crippen molar-refractivity contribution in [3.05, 3.63) is 101 Å². The predicted octanol–water partition coefficient (Wildman–Crippen LogP) is 4.21. The maximum atomic E-state index is 12.9. The minimum absolute atomic E-state index is 0.189.